The molecular weight excluding hydrogens is 543 g/mol. The summed E-state index contributed by atoms with van der Waals surface area (Å²) in [5, 5.41) is 3.97. The van der Waals surface area contributed by atoms with Gasteiger partial charge < -0.3 is 4.52 Å². The molecule has 0 heterocycles. The zero-order chi connectivity index (χ0) is 21.3. The Hall–Kier alpha value is -1.12. The fourth-order valence-corrected chi connectivity index (χ4v) is 6.14. The Balaban J connectivity index is 1.96. The molecule has 1 N–H and O–H groups in total. The summed E-state index contributed by atoms with van der Waals surface area (Å²) in [6.07, 6.45) is 2.40. The van der Waals surface area contributed by atoms with Crippen molar-refractivity contribution < 1.29 is 18.4 Å². The summed E-state index contributed by atoms with van der Waals surface area (Å²) in [5.74, 6) is 0.822. The van der Waals surface area contributed by atoms with E-state index >= 15 is 0 Å². The lowest BCUT2D eigenvalue weighted by atomic mass is 10.2. The van der Waals surface area contributed by atoms with Gasteiger partial charge in [-0.15, -0.1) is 0 Å². The first-order valence-corrected chi connectivity index (χ1v) is 13.6. The molecule has 0 aliphatic rings. The van der Waals surface area contributed by atoms with Crippen LogP contribution in [0, 0.1) is 0 Å². The number of nitrogens with one attached hydrogen (secondary N) is 1. The number of carbonyl (C=O) groups excluding carboxylic acids is 1. The van der Waals surface area contributed by atoms with Crippen molar-refractivity contribution in [3.8, 4) is 5.75 Å². The van der Waals surface area contributed by atoms with Crippen molar-refractivity contribution in [2.24, 2.45) is 5.10 Å². The van der Waals surface area contributed by atoms with Gasteiger partial charge in [0, 0.05) is 20.3 Å². The first-order chi connectivity index (χ1) is 13.9. The number of rotatable bonds is 10. The lowest BCUT2D eigenvalue weighted by molar-refractivity contribution is 0.0955. The number of halogens is 2. The second-order valence-corrected chi connectivity index (χ2v) is 11.5. The maximum absolute atomic E-state index is 12.7. The lowest BCUT2D eigenvalue weighted by Gasteiger charge is -2.17. The first-order valence-electron chi connectivity index (χ1n) is 8.84. The topological polar surface area (TPSA) is 77.0 Å². The number of amides is 1. The van der Waals surface area contributed by atoms with Crippen molar-refractivity contribution in [3.63, 3.8) is 0 Å². The van der Waals surface area contributed by atoms with Crippen molar-refractivity contribution in [1.82, 2.24) is 5.43 Å². The van der Waals surface area contributed by atoms with Gasteiger partial charge in [0.15, 0.2) is 0 Å². The second-order valence-electron chi connectivity index (χ2n) is 5.69. The maximum atomic E-state index is 12.7. The number of hydrogen-bond acceptors (Lipinski definition) is 6. The van der Waals surface area contributed by atoms with E-state index in [9.17, 15) is 9.36 Å². The summed E-state index contributed by atoms with van der Waals surface area (Å²) in [6.45, 7) is 0.870. The van der Waals surface area contributed by atoms with Crippen molar-refractivity contribution >= 4 is 62.2 Å². The molecule has 0 saturated carbocycles. The van der Waals surface area contributed by atoms with Gasteiger partial charge in [-0.05, 0) is 105 Å². The Morgan fingerprint density at radius 3 is 2.52 bits per heavy atom. The Bertz CT molecular complexity index is 910. The van der Waals surface area contributed by atoms with E-state index in [1.807, 2.05) is 6.92 Å². The molecule has 1 unspecified atom stereocenters. The van der Waals surface area contributed by atoms with Gasteiger partial charge in [0.1, 0.15) is 5.75 Å². The molecule has 29 heavy (non-hydrogen) atoms. The molecule has 2 rings (SSSR count). The van der Waals surface area contributed by atoms with E-state index in [0.29, 0.717) is 23.7 Å². The highest BCUT2D eigenvalue weighted by molar-refractivity contribution is 9.13. The standard InChI is InChI=1S/C19H21Br2N2O4PS/c1-3-11-29-28(25,26-4-2)27-16-8-5-14(6-9-16)13-22-23-19(24)15-7-10-17(20)18(21)12-15/h5-10,12-13H,3-4,11H2,1-2H3,(H,23,24). The van der Waals surface area contributed by atoms with Gasteiger partial charge in [-0.2, -0.15) is 5.10 Å². The van der Waals surface area contributed by atoms with E-state index in [1.165, 1.54) is 17.6 Å². The van der Waals surface area contributed by atoms with Crippen molar-refractivity contribution in [3.05, 3.63) is 62.5 Å². The Kier molecular flexibility index (Phi) is 9.92. The van der Waals surface area contributed by atoms with Crippen LogP contribution in [0.25, 0.3) is 0 Å². The molecule has 6 nitrogen and oxygen atoms in total. The molecule has 2 aromatic carbocycles. The third-order valence-corrected chi connectivity index (χ3v) is 9.23. The summed E-state index contributed by atoms with van der Waals surface area (Å²) in [4.78, 5) is 12.1. The monoisotopic (exact) mass is 562 g/mol. The molecule has 156 valence electrons. The van der Waals surface area contributed by atoms with Crippen LogP contribution < -0.4 is 9.95 Å². The zero-order valence-corrected chi connectivity index (χ0v) is 20.8. The average molecular weight is 564 g/mol. The van der Waals surface area contributed by atoms with Gasteiger partial charge in [0.25, 0.3) is 5.91 Å². The van der Waals surface area contributed by atoms with E-state index in [-0.39, 0.29) is 5.91 Å². The zero-order valence-electron chi connectivity index (χ0n) is 15.9. The highest BCUT2D eigenvalue weighted by Crippen LogP contribution is 2.60. The Labute approximate surface area is 191 Å². The van der Waals surface area contributed by atoms with Crippen molar-refractivity contribution in [1.29, 1.82) is 0 Å². The molecule has 2 aromatic rings. The van der Waals surface area contributed by atoms with Crippen LogP contribution >= 0.6 is 50.0 Å². The third-order valence-electron chi connectivity index (χ3n) is 3.40. The molecule has 0 bridgehead atoms. The molecule has 0 aliphatic heterocycles. The smallest absolute Gasteiger partial charge is 0.417 e. The number of hydrazone groups is 1. The normalized spacial score (nSPS) is 13.2. The van der Waals surface area contributed by atoms with E-state index in [1.54, 1.807) is 49.4 Å². The minimum absolute atomic E-state index is 0.313. The van der Waals surface area contributed by atoms with E-state index < -0.39 is 6.80 Å². The minimum Gasteiger partial charge on any atom is -0.417 e. The molecule has 0 aliphatic carbocycles. The van der Waals surface area contributed by atoms with Gasteiger partial charge in [-0.3, -0.25) is 9.32 Å². The summed E-state index contributed by atoms with van der Waals surface area (Å²) >= 11 is 7.92. The predicted octanol–water partition coefficient (Wildman–Crippen LogP) is 6.64. The molecule has 1 amide bonds. The summed E-state index contributed by atoms with van der Waals surface area (Å²) in [6, 6.07) is 12.1. The number of nitrogens with zero attached hydrogens (tertiary/aromatic N) is 1. The van der Waals surface area contributed by atoms with Crippen LogP contribution in [0.15, 0.2) is 56.5 Å². The summed E-state index contributed by atoms with van der Waals surface area (Å²) in [7, 11) is 0. The van der Waals surface area contributed by atoms with Crippen LogP contribution in [0.5, 0.6) is 5.75 Å². The SMILES string of the molecule is CCCSP(=O)(OCC)Oc1ccc(C=NNC(=O)c2ccc(Br)c(Br)c2)cc1. The molecule has 0 fully saturated rings. The Morgan fingerprint density at radius 2 is 1.90 bits per heavy atom. The molecule has 0 aromatic heterocycles. The molecule has 0 spiro atoms. The minimum atomic E-state index is -3.23. The fraction of sp³-hybridized carbons (Fsp3) is 0.263. The summed E-state index contributed by atoms with van der Waals surface area (Å²) in [5.41, 5.74) is 3.72. The number of benzene rings is 2. The predicted molar refractivity (Wildman–Crippen MR) is 126 cm³/mol. The van der Waals surface area contributed by atoms with E-state index in [4.69, 9.17) is 9.05 Å². The van der Waals surface area contributed by atoms with Crippen LogP contribution in [-0.4, -0.2) is 24.5 Å². The van der Waals surface area contributed by atoms with Gasteiger partial charge >= 0.3 is 6.80 Å². The van der Waals surface area contributed by atoms with Crippen LogP contribution in [0.1, 0.15) is 36.2 Å². The lowest BCUT2D eigenvalue weighted by Crippen LogP contribution is -2.17. The van der Waals surface area contributed by atoms with E-state index in [2.05, 4.69) is 42.4 Å². The van der Waals surface area contributed by atoms with Gasteiger partial charge in [-0.1, -0.05) is 6.92 Å². The number of hydrogen-bond donors (Lipinski definition) is 1. The fourth-order valence-electron chi connectivity index (χ4n) is 2.06. The largest absolute Gasteiger partial charge is 0.440 e. The van der Waals surface area contributed by atoms with E-state index in [0.717, 1.165) is 20.9 Å². The van der Waals surface area contributed by atoms with Gasteiger partial charge in [-0.25, -0.2) is 9.99 Å². The van der Waals surface area contributed by atoms with Crippen LogP contribution in [0.3, 0.4) is 0 Å². The van der Waals surface area contributed by atoms with Crippen molar-refractivity contribution in [2.75, 3.05) is 12.4 Å². The highest BCUT2D eigenvalue weighted by Gasteiger charge is 2.26. The molecule has 0 saturated heterocycles. The number of carbonyl (C=O) groups is 1. The third kappa shape index (κ3) is 7.90. The van der Waals surface area contributed by atoms with Gasteiger partial charge in [0.05, 0.1) is 12.8 Å². The second kappa shape index (κ2) is 11.9. The van der Waals surface area contributed by atoms with Crippen LogP contribution in [0.4, 0.5) is 0 Å². The van der Waals surface area contributed by atoms with Crippen molar-refractivity contribution in [2.45, 2.75) is 20.3 Å². The Morgan fingerprint density at radius 1 is 1.17 bits per heavy atom. The average Bonchev–Trinajstić information content (AvgIpc) is 2.70. The highest BCUT2D eigenvalue weighted by atomic mass is 79.9. The molecule has 1 atom stereocenters. The quantitative estimate of drug-likeness (QED) is 0.199. The molecule has 10 heteroatoms. The first kappa shape index (κ1) is 24.2. The maximum Gasteiger partial charge on any atom is 0.440 e. The van der Waals surface area contributed by atoms with Gasteiger partial charge in [0.2, 0.25) is 0 Å². The molecule has 0 radical (unpaired) electrons. The van der Waals surface area contributed by atoms with Crippen LogP contribution in [0.2, 0.25) is 0 Å². The summed E-state index contributed by atoms with van der Waals surface area (Å²) < 4.78 is 25.3. The molecular formula is C19H21Br2N2O4PS. The van der Waals surface area contributed by atoms with Crippen LogP contribution in [-0.2, 0) is 9.09 Å².